The third-order valence-corrected chi connectivity index (χ3v) is 11.7. The molecule has 0 fully saturated rings. The van der Waals surface area contributed by atoms with Crippen LogP contribution in [0.25, 0.3) is 55.0 Å². The number of nitrogens with zero attached hydrogens (tertiary/aromatic N) is 2. The van der Waals surface area contributed by atoms with Crippen molar-refractivity contribution in [3.05, 3.63) is 97.4 Å². The fourth-order valence-corrected chi connectivity index (χ4v) is 9.04. The van der Waals surface area contributed by atoms with Crippen molar-refractivity contribution >= 4 is 67.2 Å². The molecule has 229 valence electrons. The maximum atomic E-state index is 10.0. The van der Waals surface area contributed by atoms with Crippen molar-refractivity contribution in [3.8, 4) is 11.3 Å². The number of ketones is 1. The van der Waals surface area contributed by atoms with Crippen molar-refractivity contribution in [2.24, 2.45) is 5.92 Å². The molecule has 3 aromatic carbocycles. The zero-order valence-electron chi connectivity index (χ0n) is 26.4. The second kappa shape index (κ2) is 13.3. The van der Waals surface area contributed by atoms with Crippen LogP contribution in [0.1, 0.15) is 33.3 Å². The Morgan fingerprint density at radius 2 is 1.75 bits per heavy atom. The molecule has 0 aliphatic heterocycles. The standard InChI is InChI=1S/C32H31GeN2O.C5H8O2.Ir/c1-20(2)16-21-17-25-24-12-9-15-34-32(24)36-31(25)26(18-21)29-19-27(33(3,4)5)30-23-11-8-7-10-22(23)13-14-28(30)35(29)6;1-4(6)3-5(2)7;/h7-15,17,19-20H,6,16H2,1-5H3;3,6H,1-2H3;/q-1;;/b;4-3-;. The summed E-state index contributed by atoms with van der Waals surface area (Å²) in [6.45, 7) is 7.35. The number of hydrogen-bond acceptors (Lipinski definition) is 4. The van der Waals surface area contributed by atoms with Crippen LogP contribution < -0.4 is 8.96 Å². The molecule has 6 rings (SSSR count). The summed E-state index contributed by atoms with van der Waals surface area (Å²) in [6, 6.07) is 25.6. The van der Waals surface area contributed by atoms with E-state index in [0.29, 0.717) is 11.6 Å². The number of rotatable bonds is 5. The van der Waals surface area contributed by atoms with Gasteiger partial charge in [0.15, 0.2) is 5.78 Å². The number of fused-ring (bicyclic) bond motifs is 6. The summed E-state index contributed by atoms with van der Waals surface area (Å²) in [4.78, 5) is 14.5. The minimum Gasteiger partial charge on any atom is 0 e. The monoisotopic (exact) mass is 826 g/mol. The first-order valence-electron chi connectivity index (χ1n) is 14.7. The molecule has 0 saturated carbocycles. The fraction of sp³-hybridized carbons (Fsp3) is 0.243. The number of hydrogen-bond donors (Lipinski definition) is 1. The molecule has 1 N–H and O–H groups in total. The van der Waals surface area contributed by atoms with Crippen LogP contribution >= 0.6 is 0 Å². The zero-order chi connectivity index (χ0) is 31.1. The van der Waals surface area contributed by atoms with E-state index in [4.69, 9.17) is 9.52 Å². The van der Waals surface area contributed by atoms with Crippen LogP contribution in [-0.2, 0) is 31.3 Å². The van der Waals surface area contributed by atoms with E-state index in [9.17, 15) is 4.79 Å². The van der Waals surface area contributed by atoms with Crippen LogP contribution in [0, 0.1) is 19.0 Å². The van der Waals surface area contributed by atoms with Crippen LogP contribution in [0.4, 0.5) is 0 Å². The Bertz CT molecular complexity index is 2030. The zero-order valence-corrected chi connectivity index (χ0v) is 30.9. The van der Waals surface area contributed by atoms with E-state index in [1.165, 1.54) is 46.0 Å². The molecule has 44 heavy (non-hydrogen) atoms. The normalized spacial score (nSPS) is 12.0. The van der Waals surface area contributed by atoms with Gasteiger partial charge in [-0.3, -0.25) is 4.79 Å². The molecule has 5 nitrogen and oxygen atoms in total. The van der Waals surface area contributed by atoms with Gasteiger partial charge < -0.3 is 5.11 Å². The van der Waals surface area contributed by atoms with Crippen LogP contribution in [0.15, 0.2) is 83.1 Å². The summed E-state index contributed by atoms with van der Waals surface area (Å²) < 4.78 is 9.95. The Balaban J connectivity index is 0.000000497. The number of pyridine rings is 2. The Kier molecular flexibility index (Phi) is 10.1. The van der Waals surface area contributed by atoms with Crippen molar-refractivity contribution in [2.45, 2.75) is 51.4 Å². The number of aliphatic hydroxyl groups excluding tert-OH is 1. The quantitative estimate of drug-likeness (QED) is 0.0474. The van der Waals surface area contributed by atoms with Crippen molar-refractivity contribution < 1.29 is 39.0 Å². The smallest absolute Gasteiger partial charge is 0 e. The maximum absolute atomic E-state index is 10.0. The van der Waals surface area contributed by atoms with E-state index < -0.39 is 13.3 Å². The van der Waals surface area contributed by atoms with Gasteiger partial charge in [0, 0.05) is 26.2 Å². The van der Waals surface area contributed by atoms with Crippen LogP contribution in [0.5, 0.6) is 0 Å². The Morgan fingerprint density at radius 1 is 1.05 bits per heavy atom. The average molecular weight is 825 g/mol. The number of benzene rings is 3. The molecule has 6 aromatic rings. The van der Waals surface area contributed by atoms with E-state index in [2.05, 4.69) is 108 Å². The summed E-state index contributed by atoms with van der Waals surface area (Å²) >= 11 is -2.32. The second-order valence-electron chi connectivity index (χ2n) is 12.7. The third-order valence-electron chi connectivity index (χ3n) is 7.48. The average Bonchev–Trinajstić information content (AvgIpc) is 3.30. The first kappa shape index (κ1) is 33.4. The van der Waals surface area contributed by atoms with E-state index >= 15 is 0 Å². The summed E-state index contributed by atoms with van der Waals surface area (Å²) in [6.07, 6.45) is 3.91. The molecule has 0 bridgehead atoms. The molecule has 0 unspecified atom stereocenters. The molecular weight excluding hydrogens is 785 g/mol. The van der Waals surface area contributed by atoms with Crippen LogP contribution in [0.2, 0.25) is 17.3 Å². The molecule has 0 aliphatic rings. The van der Waals surface area contributed by atoms with Gasteiger partial charge in [0.2, 0.25) is 0 Å². The summed E-state index contributed by atoms with van der Waals surface area (Å²) in [7, 11) is 4.57. The minimum atomic E-state index is -2.32. The van der Waals surface area contributed by atoms with Gasteiger partial charge in [0.1, 0.15) is 0 Å². The van der Waals surface area contributed by atoms with Gasteiger partial charge in [-0.1, -0.05) is 0 Å². The Labute approximate surface area is 275 Å². The fourth-order valence-electron chi connectivity index (χ4n) is 5.72. The number of furan rings is 1. The van der Waals surface area contributed by atoms with Gasteiger partial charge in [0.05, 0.1) is 5.76 Å². The van der Waals surface area contributed by atoms with Gasteiger partial charge in [-0.15, -0.1) is 0 Å². The van der Waals surface area contributed by atoms with Crippen molar-refractivity contribution in [1.82, 2.24) is 4.98 Å². The molecule has 0 saturated heterocycles. The van der Waals surface area contributed by atoms with Gasteiger partial charge >= 0.3 is 216 Å². The number of aliphatic hydroxyl groups is 1. The molecule has 0 atom stereocenters. The summed E-state index contributed by atoms with van der Waals surface area (Å²) in [5.41, 5.74) is 5.85. The van der Waals surface area contributed by atoms with E-state index in [1.807, 2.05) is 6.07 Å². The topological polar surface area (TPSA) is 67.2 Å². The SMILES string of the molecule is CC(=O)/C=C(/C)O.[CH2-][n+]1c(-c2[c-]c(CC(C)C)cc3c2oc2ncccc23)c[c]([Ge]([CH3])([CH3])[CH3])c2c3ccccc3ccc21.[Ir]. The van der Waals surface area contributed by atoms with Crippen LogP contribution in [0.3, 0.4) is 0 Å². The first-order valence-corrected chi connectivity index (χ1v) is 22.0. The summed E-state index contributed by atoms with van der Waals surface area (Å²) in [5, 5.41) is 14.4. The van der Waals surface area contributed by atoms with Crippen molar-refractivity contribution in [2.75, 3.05) is 0 Å². The van der Waals surface area contributed by atoms with Gasteiger partial charge in [-0.25, -0.2) is 0 Å². The van der Waals surface area contributed by atoms with Gasteiger partial charge in [-0.05, 0) is 13.8 Å². The van der Waals surface area contributed by atoms with Crippen molar-refractivity contribution in [3.63, 3.8) is 0 Å². The molecule has 0 amide bonds. The second-order valence-corrected chi connectivity index (χ2v) is 23.2. The molecule has 1 radical (unpaired) electrons. The number of aromatic nitrogens is 2. The Morgan fingerprint density at radius 3 is 2.39 bits per heavy atom. The molecular formula is C37H39GeIrN2O3-. The first-order chi connectivity index (χ1) is 20.3. The van der Waals surface area contributed by atoms with E-state index in [1.54, 1.807) is 6.20 Å². The molecule has 7 heteroatoms. The number of carbonyl (C=O) groups is 1. The Hall–Kier alpha value is -3.45. The predicted octanol–water partition coefficient (Wildman–Crippen LogP) is 8.46. The van der Waals surface area contributed by atoms with Gasteiger partial charge in [-0.2, -0.15) is 0 Å². The van der Waals surface area contributed by atoms with E-state index in [0.717, 1.165) is 39.6 Å². The summed E-state index contributed by atoms with van der Waals surface area (Å²) in [5.74, 6) is 7.86. The third kappa shape index (κ3) is 6.78. The molecule has 0 aliphatic carbocycles. The minimum absolute atomic E-state index is 0. The van der Waals surface area contributed by atoms with Crippen molar-refractivity contribution in [1.29, 1.82) is 0 Å². The largest absolute Gasteiger partial charge is 0 e. The molecule has 3 aromatic heterocycles. The number of carbonyl (C=O) groups excluding carboxylic acids is 1. The van der Waals surface area contributed by atoms with Crippen LogP contribution in [-0.4, -0.2) is 29.1 Å². The van der Waals surface area contributed by atoms with Gasteiger partial charge in [0.25, 0.3) is 0 Å². The predicted molar refractivity (Wildman–Crippen MR) is 180 cm³/mol. The molecule has 0 spiro atoms. The molecule has 3 heterocycles. The number of allylic oxidation sites excluding steroid dienone is 2. The van der Waals surface area contributed by atoms with E-state index in [-0.39, 0.29) is 31.6 Å². The maximum Gasteiger partial charge on any atom is 0 e.